The summed E-state index contributed by atoms with van der Waals surface area (Å²) in [4.78, 5) is 29.7. The van der Waals surface area contributed by atoms with Gasteiger partial charge in [-0.3, -0.25) is 0 Å². The molecule has 128 valence electrons. The van der Waals surface area contributed by atoms with Crippen molar-refractivity contribution in [3.63, 3.8) is 0 Å². The number of carbonyl (C=O) groups excluding carboxylic acids is 2. The number of aromatic nitrogens is 1. The van der Waals surface area contributed by atoms with E-state index >= 15 is 0 Å². The molecule has 0 saturated carbocycles. The van der Waals surface area contributed by atoms with Gasteiger partial charge in [0.1, 0.15) is 5.60 Å². The average molecular weight is 361 g/mol. The van der Waals surface area contributed by atoms with Gasteiger partial charge in [-0.2, -0.15) is 0 Å². The monoisotopic (exact) mass is 360 g/mol. The standard InChI is InChI=1S/C15H21ClN2O4S/c1-15(2,3)22-14(20)18-6-4-10(5-7-18)12-17-11(8-23-12)13(19)21-9-16/h8,10H,4-7,9H2,1-3H3. The maximum Gasteiger partial charge on any atom is 0.410 e. The lowest BCUT2D eigenvalue weighted by atomic mass is 9.98. The number of carbonyl (C=O) groups is 2. The first-order valence-electron chi connectivity index (χ1n) is 7.46. The topological polar surface area (TPSA) is 68.7 Å². The lowest BCUT2D eigenvalue weighted by Gasteiger charge is -2.32. The van der Waals surface area contributed by atoms with Crippen LogP contribution >= 0.6 is 22.9 Å². The van der Waals surface area contributed by atoms with Crippen molar-refractivity contribution in [3.05, 3.63) is 16.1 Å². The normalized spacial score (nSPS) is 16.3. The van der Waals surface area contributed by atoms with Crippen molar-refractivity contribution in [3.8, 4) is 0 Å². The molecule has 0 spiro atoms. The van der Waals surface area contributed by atoms with Crippen molar-refractivity contribution in [1.29, 1.82) is 0 Å². The number of thiazole rings is 1. The van der Waals surface area contributed by atoms with E-state index in [4.69, 9.17) is 21.1 Å². The Labute approximate surface area is 144 Å². The second kappa shape index (κ2) is 7.49. The van der Waals surface area contributed by atoms with E-state index in [-0.39, 0.29) is 18.1 Å². The van der Waals surface area contributed by atoms with Crippen LogP contribution in [0.15, 0.2) is 5.38 Å². The van der Waals surface area contributed by atoms with Gasteiger partial charge in [-0.25, -0.2) is 14.6 Å². The molecule has 6 nitrogen and oxygen atoms in total. The molecule has 0 atom stereocenters. The molecule has 0 unspecified atom stereocenters. The van der Waals surface area contributed by atoms with Crippen molar-refractivity contribution in [1.82, 2.24) is 9.88 Å². The number of piperidine rings is 1. The van der Waals surface area contributed by atoms with Crippen molar-refractivity contribution in [2.24, 2.45) is 0 Å². The first kappa shape index (κ1) is 18.0. The molecule has 1 aromatic heterocycles. The Kier molecular flexibility index (Phi) is 5.86. The predicted molar refractivity (Wildman–Crippen MR) is 88.0 cm³/mol. The number of alkyl halides is 1. The van der Waals surface area contributed by atoms with Gasteiger partial charge >= 0.3 is 12.1 Å². The summed E-state index contributed by atoms with van der Waals surface area (Å²) in [6.45, 7) is 6.82. The molecule has 23 heavy (non-hydrogen) atoms. The zero-order valence-corrected chi connectivity index (χ0v) is 15.1. The van der Waals surface area contributed by atoms with Gasteiger partial charge in [0, 0.05) is 24.4 Å². The van der Waals surface area contributed by atoms with Gasteiger partial charge in [-0.05, 0) is 33.6 Å². The van der Waals surface area contributed by atoms with Crippen LogP contribution < -0.4 is 0 Å². The molecule has 2 rings (SSSR count). The maximum absolute atomic E-state index is 12.0. The number of ether oxygens (including phenoxy) is 2. The van der Waals surface area contributed by atoms with Crippen molar-refractivity contribution in [2.45, 2.75) is 45.1 Å². The molecule has 1 aromatic rings. The third-order valence-electron chi connectivity index (χ3n) is 3.41. The minimum atomic E-state index is -0.506. The zero-order valence-electron chi connectivity index (χ0n) is 13.5. The fourth-order valence-electron chi connectivity index (χ4n) is 2.33. The molecule has 0 radical (unpaired) electrons. The molecule has 1 aliphatic heterocycles. The van der Waals surface area contributed by atoms with E-state index in [0.29, 0.717) is 18.8 Å². The quantitative estimate of drug-likeness (QED) is 0.608. The molecule has 0 aromatic carbocycles. The van der Waals surface area contributed by atoms with Crippen molar-refractivity contribution < 1.29 is 19.1 Å². The zero-order chi connectivity index (χ0) is 17.0. The second-order valence-corrected chi connectivity index (χ2v) is 7.46. The maximum atomic E-state index is 12.0. The van der Waals surface area contributed by atoms with Crippen LogP contribution in [0.2, 0.25) is 0 Å². The van der Waals surface area contributed by atoms with E-state index in [1.807, 2.05) is 20.8 Å². The molecule has 8 heteroatoms. The van der Waals surface area contributed by atoms with Gasteiger partial charge in [-0.1, -0.05) is 11.6 Å². The highest BCUT2D eigenvalue weighted by Gasteiger charge is 2.29. The van der Waals surface area contributed by atoms with Crippen LogP contribution in [0, 0.1) is 0 Å². The summed E-state index contributed by atoms with van der Waals surface area (Å²) in [6, 6.07) is -0.181. The highest BCUT2D eigenvalue weighted by Crippen LogP contribution is 2.31. The number of nitrogens with zero attached hydrogens (tertiary/aromatic N) is 2. The molecule has 0 aliphatic carbocycles. The number of likely N-dealkylation sites (tertiary alicyclic amines) is 1. The van der Waals surface area contributed by atoms with Crippen molar-refractivity contribution >= 4 is 35.0 Å². The third kappa shape index (κ3) is 5.07. The van der Waals surface area contributed by atoms with Crippen molar-refractivity contribution in [2.75, 3.05) is 19.2 Å². The van der Waals surface area contributed by atoms with Crippen LogP contribution in [0.3, 0.4) is 0 Å². The minimum absolute atomic E-state index is 0.181. The van der Waals surface area contributed by atoms with E-state index in [1.165, 1.54) is 11.3 Å². The SMILES string of the molecule is CC(C)(C)OC(=O)N1CCC(c2nc(C(=O)OCCl)cs2)CC1. The van der Waals surface area contributed by atoms with Gasteiger partial charge in [0.2, 0.25) is 0 Å². The highest BCUT2D eigenvalue weighted by molar-refractivity contribution is 7.09. The van der Waals surface area contributed by atoms with Gasteiger partial charge in [0.15, 0.2) is 11.8 Å². The molecule has 0 N–H and O–H groups in total. The summed E-state index contributed by atoms with van der Waals surface area (Å²) in [5.41, 5.74) is -0.193. The lowest BCUT2D eigenvalue weighted by Crippen LogP contribution is -2.41. The largest absolute Gasteiger partial charge is 0.445 e. The van der Waals surface area contributed by atoms with Crippen LogP contribution in [0.1, 0.15) is 55.0 Å². The van der Waals surface area contributed by atoms with E-state index in [2.05, 4.69) is 4.98 Å². The molecule has 2 heterocycles. The first-order chi connectivity index (χ1) is 10.8. The van der Waals surface area contributed by atoms with Gasteiger partial charge in [0.25, 0.3) is 0 Å². The molecule has 0 bridgehead atoms. The van der Waals surface area contributed by atoms with Gasteiger partial charge in [-0.15, -0.1) is 11.3 Å². The third-order valence-corrected chi connectivity index (χ3v) is 4.53. The van der Waals surface area contributed by atoms with Crippen LogP contribution in [0.25, 0.3) is 0 Å². The van der Waals surface area contributed by atoms with E-state index < -0.39 is 11.6 Å². The summed E-state index contributed by atoms with van der Waals surface area (Å²) in [5.74, 6) is -0.259. The Morgan fingerprint density at radius 3 is 2.61 bits per heavy atom. The summed E-state index contributed by atoms with van der Waals surface area (Å²) >= 11 is 6.82. The Bertz CT molecular complexity index is 562. The number of hydrogen-bond donors (Lipinski definition) is 0. The Morgan fingerprint density at radius 1 is 1.39 bits per heavy atom. The summed E-state index contributed by atoms with van der Waals surface area (Å²) < 4.78 is 10.1. The molecule has 1 amide bonds. The molecule has 1 fully saturated rings. The summed E-state index contributed by atoms with van der Waals surface area (Å²) in [5, 5.41) is 2.58. The van der Waals surface area contributed by atoms with Crippen LogP contribution in [-0.2, 0) is 9.47 Å². The number of halogens is 1. The van der Waals surface area contributed by atoms with E-state index in [1.54, 1.807) is 10.3 Å². The fraction of sp³-hybridized carbons (Fsp3) is 0.667. The Balaban J connectivity index is 1.89. The van der Waals surface area contributed by atoms with Gasteiger partial charge < -0.3 is 14.4 Å². The molecular weight excluding hydrogens is 340 g/mol. The average Bonchev–Trinajstić information content (AvgIpc) is 2.96. The number of rotatable bonds is 3. The number of amides is 1. The number of hydrogen-bond acceptors (Lipinski definition) is 6. The second-order valence-electron chi connectivity index (χ2n) is 6.35. The van der Waals surface area contributed by atoms with Crippen LogP contribution in [0.5, 0.6) is 0 Å². The molecule has 1 aliphatic rings. The number of esters is 1. The fourth-order valence-corrected chi connectivity index (χ4v) is 3.39. The van der Waals surface area contributed by atoms with E-state index in [9.17, 15) is 9.59 Å². The Morgan fingerprint density at radius 2 is 2.04 bits per heavy atom. The smallest absolute Gasteiger partial charge is 0.410 e. The minimum Gasteiger partial charge on any atom is -0.445 e. The van der Waals surface area contributed by atoms with Crippen LogP contribution in [-0.4, -0.2) is 46.7 Å². The molecule has 1 saturated heterocycles. The Hall–Kier alpha value is -1.34. The summed E-state index contributed by atoms with van der Waals surface area (Å²) in [7, 11) is 0. The van der Waals surface area contributed by atoms with Gasteiger partial charge in [0.05, 0.1) is 5.01 Å². The predicted octanol–water partition coefficient (Wildman–Crippen LogP) is 3.61. The lowest BCUT2D eigenvalue weighted by molar-refractivity contribution is 0.0204. The molecular formula is C15H21ClN2O4S. The van der Waals surface area contributed by atoms with Crippen LogP contribution in [0.4, 0.5) is 4.79 Å². The first-order valence-corrected chi connectivity index (χ1v) is 8.88. The summed E-state index contributed by atoms with van der Waals surface area (Å²) in [6.07, 6.45) is 1.33. The highest BCUT2D eigenvalue weighted by atomic mass is 35.5. The van der Waals surface area contributed by atoms with E-state index in [0.717, 1.165) is 17.8 Å².